The number of nitrogens with two attached hydrogens (primary N) is 1. The second kappa shape index (κ2) is 7.46. The number of carbonyl (C=O) groups excluding carboxylic acids is 1. The molecular formula is C19H22N2O. The Morgan fingerprint density at radius 3 is 2.50 bits per heavy atom. The van der Waals surface area contributed by atoms with E-state index >= 15 is 0 Å². The maximum atomic E-state index is 10.8. The second-order valence-corrected chi connectivity index (χ2v) is 5.57. The van der Waals surface area contributed by atoms with Gasteiger partial charge in [0.2, 0.25) is 0 Å². The van der Waals surface area contributed by atoms with Crippen LogP contribution in [0, 0.1) is 0 Å². The molecule has 3 N–H and O–H groups in total. The number of benzene rings is 2. The molecule has 22 heavy (non-hydrogen) atoms. The van der Waals surface area contributed by atoms with Gasteiger partial charge in [-0.1, -0.05) is 56.3 Å². The monoisotopic (exact) mass is 294 g/mol. The topological polar surface area (TPSA) is 55.1 Å². The van der Waals surface area contributed by atoms with Crippen LogP contribution in [-0.2, 0) is 6.54 Å². The molecule has 0 saturated carbocycles. The van der Waals surface area contributed by atoms with Crippen molar-refractivity contribution in [1.82, 2.24) is 5.32 Å². The first-order valence-corrected chi connectivity index (χ1v) is 7.44. The van der Waals surface area contributed by atoms with E-state index in [-0.39, 0.29) is 0 Å². The summed E-state index contributed by atoms with van der Waals surface area (Å²) >= 11 is 0. The van der Waals surface area contributed by atoms with Gasteiger partial charge in [0.15, 0.2) is 0 Å². The highest BCUT2D eigenvalue weighted by Gasteiger charge is 2.04. The molecule has 0 spiro atoms. The van der Waals surface area contributed by atoms with Crippen LogP contribution in [0.25, 0.3) is 5.70 Å². The van der Waals surface area contributed by atoms with Crippen molar-refractivity contribution in [3.63, 3.8) is 0 Å². The molecule has 0 aromatic heterocycles. The molecule has 0 fully saturated rings. The van der Waals surface area contributed by atoms with Crippen LogP contribution >= 0.6 is 0 Å². The van der Waals surface area contributed by atoms with Crippen LogP contribution < -0.4 is 11.1 Å². The zero-order valence-corrected chi connectivity index (χ0v) is 13.0. The third kappa shape index (κ3) is 3.98. The third-order valence-corrected chi connectivity index (χ3v) is 3.63. The first kappa shape index (κ1) is 15.8. The summed E-state index contributed by atoms with van der Waals surface area (Å²) in [6.07, 6.45) is 2.43. The molecule has 3 nitrogen and oxygen atoms in total. The fourth-order valence-corrected chi connectivity index (χ4v) is 2.28. The first-order chi connectivity index (χ1) is 10.6. The van der Waals surface area contributed by atoms with Crippen LogP contribution in [0.15, 0.2) is 54.7 Å². The summed E-state index contributed by atoms with van der Waals surface area (Å²) in [7, 11) is 0. The molecular weight excluding hydrogens is 272 g/mol. The normalized spacial score (nSPS) is 11.5. The van der Waals surface area contributed by atoms with Crippen LogP contribution in [0.4, 0.5) is 0 Å². The summed E-state index contributed by atoms with van der Waals surface area (Å²) in [6, 6.07) is 15.9. The standard InChI is InChI=1S/C19H22N2O/c1-14(2)17-6-8-18(9-7-17)19(11-20)21-12-15-4-3-5-16(10-15)13-22/h3-11,13-14,21H,12,20H2,1-2H3/b19-11-. The molecule has 0 aliphatic carbocycles. The lowest BCUT2D eigenvalue weighted by Crippen LogP contribution is -2.13. The van der Waals surface area contributed by atoms with Gasteiger partial charge >= 0.3 is 0 Å². The fraction of sp³-hybridized carbons (Fsp3) is 0.211. The Morgan fingerprint density at radius 2 is 1.91 bits per heavy atom. The van der Waals surface area contributed by atoms with E-state index in [1.807, 2.05) is 18.2 Å². The molecule has 114 valence electrons. The van der Waals surface area contributed by atoms with E-state index in [0.29, 0.717) is 18.0 Å². The molecule has 0 unspecified atom stereocenters. The minimum absolute atomic E-state index is 0.512. The second-order valence-electron chi connectivity index (χ2n) is 5.57. The SMILES string of the molecule is CC(C)c1ccc(/C(=C/N)NCc2cccc(C=O)c2)cc1. The predicted octanol–water partition coefficient (Wildman–Crippen LogP) is 3.67. The van der Waals surface area contributed by atoms with Crippen LogP contribution in [0.3, 0.4) is 0 Å². The van der Waals surface area contributed by atoms with Crippen molar-refractivity contribution >= 4 is 12.0 Å². The Morgan fingerprint density at radius 1 is 1.18 bits per heavy atom. The molecule has 0 aliphatic heterocycles. The number of hydrogen-bond acceptors (Lipinski definition) is 3. The minimum Gasteiger partial charge on any atom is -0.403 e. The van der Waals surface area contributed by atoms with Gasteiger partial charge in [-0.2, -0.15) is 0 Å². The Bertz CT molecular complexity index is 657. The molecule has 0 bridgehead atoms. The first-order valence-electron chi connectivity index (χ1n) is 7.44. The molecule has 0 saturated heterocycles. The number of nitrogens with one attached hydrogen (secondary N) is 1. The van der Waals surface area contributed by atoms with Crippen molar-refractivity contribution in [1.29, 1.82) is 0 Å². The van der Waals surface area contributed by atoms with Crippen LogP contribution in [-0.4, -0.2) is 6.29 Å². The van der Waals surface area contributed by atoms with Gasteiger partial charge in [0.05, 0.1) is 5.70 Å². The van der Waals surface area contributed by atoms with Gasteiger partial charge in [-0.05, 0) is 28.7 Å². The highest BCUT2D eigenvalue weighted by atomic mass is 16.1. The van der Waals surface area contributed by atoms with Crippen molar-refractivity contribution < 1.29 is 4.79 Å². The van der Waals surface area contributed by atoms with Gasteiger partial charge in [-0.3, -0.25) is 4.79 Å². The summed E-state index contributed by atoms with van der Waals surface area (Å²) in [4.78, 5) is 10.8. The lowest BCUT2D eigenvalue weighted by molar-refractivity contribution is 0.112. The molecule has 0 radical (unpaired) electrons. The maximum absolute atomic E-state index is 10.8. The van der Waals surface area contributed by atoms with Gasteiger partial charge < -0.3 is 11.1 Å². The van der Waals surface area contributed by atoms with E-state index < -0.39 is 0 Å². The van der Waals surface area contributed by atoms with Gasteiger partial charge in [-0.15, -0.1) is 0 Å². The Balaban J connectivity index is 2.07. The van der Waals surface area contributed by atoms with Gasteiger partial charge in [-0.25, -0.2) is 0 Å². The smallest absolute Gasteiger partial charge is 0.150 e. The quantitative estimate of drug-likeness (QED) is 0.799. The number of hydrogen-bond donors (Lipinski definition) is 2. The molecule has 0 aliphatic rings. The minimum atomic E-state index is 0.512. The van der Waals surface area contributed by atoms with Crippen molar-refractivity contribution in [3.8, 4) is 0 Å². The van der Waals surface area contributed by atoms with Crippen molar-refractivity contribution in [2.24, 2.45) is 5.73 Å². The Hall–Kier alpha value is -2.55. The van der Waals surface area contributed by atoms with Crippen LogP contribution in [0.2, 0.25) is 0 Å². The van der Waals surface area contributed by atoms with E-state index in [2.05, 4.69) is 43.4 Å². The molecule has 0 heterocycles. The molecule has 0 atom stereocenters. The molecule has 2 aromatic carbocycles. The van der Waals surface area contributed by atoms with E-state index in [4.69, 9.17) is 5.73 Å². The van der Waals surface area contributed by atoms with Crippen LogP contribution in [0.1, 0.15) is 46.8 Å². The van der Waals surface area contributed by atoms with E-state index in [9.17, 15) is 4.79 Å². The third-order valence-electron chi connectivity index (χ3n) is 3.63. The lowest BCUT2D eigenvalue weighted by atomic mass is 10.0. The van der Waals surface area contributed by atoms with Crippen LogP contribution in [0.5, 0.6) is 0 Å². The molecule has 2 rings (SSSR count). The Kier molecular flexibility index (Phi) is 5.37. The Labute approximate surface area is 131 Å². The highest BCUT2D eigenvalue weighted by molar-refractivity contribution is 5.75. The van der Waals surface area contributed by atoms with Gasteiger partial charge in [0, 0.05) is 18.3 Å². The lowest BCUT2D eigenvalue weighted by Gasteiger charge is -2.12. The largest absolute Gasteiger partial charge is 0.403 e. The van der Waals surface area contributed by atoms with Gasteiger partial charge in [0.25, 0.3) is 0 Å². The zero-order chi connectivity index (χ0) is 15.9. The number of aldehydes is 1. The highest BCUT2D eigenvalue weighted by Crippen LogP contribution is 2.18. The van der Waals surface area contributed by atoms with Crippen molar-refractivity contribution in [2.45, 2.75) is 26.3 Å². The molecule has 2 aromatic rings. The molecule has 0 amide bonds. The summed E-state index contributed by atoms with van der Waals surface area (Å²) < 4.78 is 0. The zero-order valence-electron chi connectivity index (χ0n) is 13.0. The van der Waals surface area contributed by atoms with Crippen molar-refractivity contribution in [2.75, 3.05) is 0 Å². The summed E-state index contributed by atoms with van der Waals surface area (Å²) in [5.74, 6) is 0.512. The number of carbonyl (C=O) groups is 1. The number of rotatable bonds is 6. The van der Waals surface area contributed by atoms with E-state index in [0.717, 1.165) is 23.1 Å². The molecule has 3 heteroatoms. The predicted molar refractivity (Wildman–Crippen MR) is 91.4 cm³/mol. The van der Waals surface area contributed by atoms with E-state index in [1.165, 1.54) is 5.56 Å². The van der Waals surface area contributed by atoms with Gasteiger partial charge in [0.1, 0.15) is 6.29 Å². The van der Waals surface area contributed by atoms with E-state index in [1.54, 1.807) is 12.3 Å². The average Bonchev–Trinajstić information content (AvgIpc) is 2.56. The maximum Gasteiger partial charge on any atom is 0.150 e. The summed E-state index contributed by atoms with van der Waals surface area (Å²) in [5, 5.41) is 3.32. The summed E-state index contributed by atoms with van der Waals surface area (Å²) in [5.41, 5.74) is 10.7. The summed E-state index contributed by atoms with van der Waals surface area (Å²) in [6.45, 7) is 4.97. The fourth-order valence-electron chi connectivity index (χ4n) is 2.28. The average molecular weight is 294 g/mol. The van der Waals surface area contributed by atoms with Crippen molar-refractivity contribution in [3.05, 3.63) is 77.0 Å².